The average molecular weight is 283 g/mol. The molecule has 104 valence electrons. The predicted molar refractivity (Wildman–Crippen MR) is 75.1 cm³/mol. The third-order valence-electron chi connectivity index (χ3n) is 3.44. The van der Waals surface area contributed by atoms with Crippen molar-refractivity contribution in [2.75, 3.05) is 19.6 Å². The Morgan fingerprint density at radius 3 is 3.00 bits per heavy atom. The molecule has 0 spiro atoms. The molecule has 0 radical (unpaired) electrons. The summed E-state index contributed by atoms with van der Waals surface area (Å²) in [6, 6.07) is 2.35. The monoisotopic (exact) mass is 282 g/mol. The van der Waals surface area contributed by atoms with Crippen molar-refractivity contribution in [1.29, 1.82) is 0 Å². The van der Waals surface area contributed by atoms with E-state index in [9.17, 15) is 0 Å². The van der Waals surface area contributed by atoms with Crippen molar-refractivity contribution in [2.24, 2.45) is 7.05 Å². The fourth-order valence-corrected chi connectivity index (χ4v) is 2.48. The summed E-state index contributed by atoms with van der Waals surface area (Å²) in [7, 11) is 2.05. The van der Waals surface area contributed by atoms with E-state index in [2.05, 4.69) is 30.0 Å². The molecule has 19 heavy (non-hydrogen) atoms. The molecule has 1 unspecified atom stereocenters. The van der Waals surface area contributed by atoms with E-state index < -0.39 is 0 Å². The van der Waals surface area contributed by atoms with Gasteiger partial charge in [-0.25, -0.2) is 4.98 Å². The molecule has 0 amide bonds. The fraction of sp³-hybridized carbons (Fsp3) is 0.500. The lowest BCUT2D eigenvalue weighted by atomic mass is 10.1. The quantitative estimate of drug-likeness (QED) is 0.871. The van der Waals surface area contributed by atoms with Gasteiger partial charge in [0.05, 0.1) is 6.04 Å². The van der Waals surface area contributed by atoms with Crippen molar-refractivity contribution in [2.45, 2.75) is 12.6 Å². The van der Waals surface area contributed by atoms with Gasteiger partial charge in [0.2, 0.25) is 0 Å². The second kappa shape index (κ2) is 6.18. The lowest BCUT2D eigenvalue weighted by Crippen LogP contribution is -2.46. The number of rotatable bonds is 3. The summed E-state index contributed by atoms with van der Waals surface area (Å²) < 4.78 is 2.09. The van der Waals surface area contributed by atoms with Crippen LogP contribution in [-0.4, -0.2) is 44.3 Å². The second-order valence-electron chi connectivity index (χ2n) is 4.67. The van der Waals surface area contributed by atoms with Gasteiger partial charge in [-0.3, -0.25) is 10.00 Å². The number of aromatic nitrogens is 4. The summed E-state index contributed by atoms with van der Waals surface area (Å²) in [5.41, 5.74) is 1.15. The molecule has 6 nitrogen and oxygen atoms in total. The van der Waals surface area contributed by atoms with Crippen molar-refractivity contribution in [3.8, 4) is 0 Å². The number of aryl methyl sites for hydroxylation is 1. The zero-order valence-electron chi connectivity index (χ0n) is 10.9. The maximum atomic E-state index is 4.47. The van der Waals surface area contributed by atoms with Gasteiger partial charge in [-0.2, -0.15) is 5.10 Å². The lowest BCUT2D eigenvalue weighted by molar-refractivity contribution is 0.143. The number of hydrogen-bond donors (Lipinski definition) is 2. The molecule has 1 saturated heterocycles. The van der Waals surface area contributed by atoms with Crippen LogP contribution < -0.4 is 5.32 Å². The zero-order chi connectivity index (χ0) is 12.4. The largest absolute Gasteiger partial charge is 0.337 e. The maximum absolute atomic E-state index is 4.47. The molecule has 0 aliphatic carbocycles. The minimum atomic E-state index is 0. The van der Waals surface area contributed by atoms with Crippen LogP contribution in [-0.2, 0) is 13.6 Å². The van der Waals surface area contributed by atoms with E-state index in [-0.39, 0.29) is 12.4 Å². The van der Waals surface area contributed by atoms with Gasteiger partial charge in [0.25, 0.3) is 0 Å². The van der Waals surface area contributed by atoms with Gasteiger partial charge in [-0.05, 0) is 6.07 Å². The first-order chi connectivity index (χ1) is 8.84. The molecule has 1 atom stereocenters. The number of H-pyrrole nitrogens is 1. The molecule has 2 aromatic rings. The number of aromatic amines is 1. The zero-order valence-corrected chi connectivity index (χ0v) is 11.7. The summed E-state index contributed by atoms with van der Waals surface area (Å²) in [4.78, 5) is 6.91. The van der Waals surface area contributed by atoms with Crippen LogP contribution in [0.3, 0.4) is 0 Å². The molecular weight excluding hydrogens is 264 g/mol. The Kier molecular flexibility index (Phi) is 4.57. The fourth-order valence-electron chi connectivity index (χ4n) is 2.48. The van der Waals surface area contributed by atoms with Gasteiger partial charge in [0, 0.05) is 57.5 Å². The Balaban J connectivity index is 0.00000133. The first-order valence-electron chi connectivity index (χ1n) is 6.25. The highest BCUT2D eigenvalue weighted by atomic mass is 35.5. The van der Waals surface area contributed by atoms with Gasteiger partial charge in [0.15, 0.2) is 0 Å². The smallest absolute Gasteiger partial charge is 0.127 e. The first-order valence-corrected chi connectivity index (χ1v) is 6.25. The number of halogens is 1. The Morgan fingerprint density at radius 2 is 2.32 bits per heavy atom. The summed E-state index contributed by atoms with van der Waals surface area (Å²) in [6.07, 6.45) is 5.66. The maximum Gasteiger partial charge on any atom is 0.127 e. The van der Waals surface area contributed by atoms with E-state index in [4.69, 9.17) is 0 Å². The second-order valence-corrected chi connectivity index (χ2v) is 4.67. The third kappa shape index (κ3) is 2.97. The minimum absolute atomic E-state index is 0. The van der Waals surface area contributed by atoms with Crippen molar-refractivity contribution >= 4 is 12.4 Å². The van der Waals surface area contributed by atoms with E-state index in [1.807, 2.05) is 25.5 Å². The van der Waals surface area contributed by atoms with E-state index in [1.54, 1.807) is 6.20 Å². The molecule has 1 aliphatic heterocycles. The molecule has 2 N–H and O–H groups in total. The summed E-state index contributed by atoms with van der Waals surface area (Å²) in [6.45, 7) is 3.88. The van der Waals surface area contributed by atoms with Gasteiger partial charge < -0.3 is 9.88 Å². The average Bonchev–Trinajstić information content (AvgIpc) is 3.02. The molecule has 3 rings (SSSR count). The van der Waals surface area contributed by atoms with Crippen LogP contribution in [0.1, 0.15) is 17.6 Å². The highest BCUT2D eigenvalue weighted by Gasteiger charge is 2.26. The number of nitrogens with zero attached hydrogens (tertiary/aromatic N) is 4. The number of hydrogen-bond acceptors (Lipinski definition) is 4. The van der Waals surface area contributed by atoms with Crippen LogP contribution in [0.25, 0.3) is 0 Å². The first kappa shape index (κ1) is 14.0. The van der Waals surface area contributed by atoms with Gasteiger partial charge in [-0.1, -0.05) is 0 Å². The van der Waals surface area contributed by atoms with Crippen molar-refractivity contribution < 1.29 is 0 Å². The van der Waals surface area contributed by atoms with Crippen LogP contribution in [0.15, 0.2) is 24.7 Å². The topological polar surface area (TPSA) is 61.8 Å². The lowest BCUT2D eigenvalue weighted by Gasteiger charge is -2.35. The molecule has 3 heterocycles. The van der Waals surface area contributed by atoms with Gasteiger partial charge >= 0.3 is 0 Å². The third-order valence-corrected chi connectivity index (χ3v) is 3.44. The molecular formula is C12H19ClN6. The molecule has 1 aliphatic rings. The van der Waals surface area contributed by atoms with Crippen LogP contribution in [0.2, 0.25) is 0 Å². The highest BCUT2D eigenvalue weighted by Crippen LogP contribution is 2.21. The molecule has 0 bridgehead atoms. The molecule has 2 aromatic heterocycles. The number of nitrogens with one attached hydrogen (secondary N) is 2. The summed E-state index contributed by atoms with van der Waals surface area (Å²) >= 11 is 0. The van der Waals surface area contributed by atoms with Crippen molar-refractivity contribution in [1.82, 2.24) is 30.0 Å². The van der Waals surface area contributed by atoms with Crippen LogP contribution in [0, 0.1) is 0 Å². The SMILES string of the molecule is Cl.Cn1ccnc1C1CNCCN1Cc1ccn[nH]1. The molecule has 0 aromatic carbocycles. The Hall–Kier alpha value is -1.37. The van der Waals surface area contributed by atoms with Gasteiger partial charge in [0.1, 0.15) is 5.82 Å². The Morgan fingerprint density at radius 1 is 1.42 bits per heavy atom. The van der Waals surface area contributed by atoms with Crippen molar-refractivity contribution in [3.63, 3.8) is 0 Å². The van der Waals surface area contributed by atoms with Crippen LogP contribution >= 0.6 is 12.4 Å². The van der Waals surface area contributed by atoms with E-state index in [0.717, 1.165) is 37.7 Å². The number of piperazine rings is 1. The molecule has 1 fully saturated rings. The standard InChI is InChI=1S/C12H18N6.ClH/c1-17-6-5-14-12(17)11-8-13-4-7-18(11)9-10-2-3-15-16-10;/h2-3,5-6,11,13H,4,7-9H2,1H3,(H,15,16);1H. The molecule has 7 heteroatoms. The van der Waals surface area contributed by atoms with E-state index in [1.165, 1.54) is 0 Å². The summed E-state index contributed by atoms with van der Waals surface area (Å²) in [5, 5.41) is 10.5. The normalized spacial score (nSPS) is 20.2. The van der Waals surface area contributed by atoms with Crippen LogP contribution in [0.4, 0.5) is 0 Å². The molecule has 0 saturated carbocycles. The Bertz CT molecular complexity index is 494. The van der Waals surface area contributed by atoms with Gasteiger partial charge in [-0.15, -0.1) is 12.4 Å². The van der Waals surface area contributed by atoms with Crippen molar-refractivity contribution in [3.05, 3.63) is 36.2 Å². The van der Waals surface area contributed by atoms with E-state index >= 15 is 0 Å². The number of imidazole rings is 1. The minimum Gasteiger partial charge on any atom is -0.337 e. The Labute approximate surface area is 118 Å². The summed E-state index contributed by atoms with van der Waals surface area (Å²) in [5.74, 6) is 1.11. The van der Waals surface area contributed by atoms with Crippen LogP contribution in [0.5, 0.6) is 0 Å². The van der Waals surface area contributed by atoms with E-state index in [0.29, 0.717) is 6.04 Å². The predicted octanol–water partition coefficient (Wildman–Crippen LogP) is 0.711. The highest BCUT2D eigenvalue weighted by molar-refractivity contribution is 5.85.